The van der Waals surface area contributed by atoms with E-state index in [0.717, 1.165) is 16.8 Å². The molecule has 1 heterocycles. The quantitative estimate of drug-likeness (QED) is 0.703. The molecule has 1 amide bonds. The van der Waals surface area contributed by atoms with E-state index in [2.05, 4.69) is 10.2 Å². The summed E-state index contributed by atoms with van der Waals surface area (Å²) >= 11 is 0. The molecule has 1 fully saturated rings. The van der Waals surface area contributed by atoms with Crippen molar-refractivity contribution in [2.45, 2.75) is 20.8 Å². The minimum absolute atomic E-state index is 0.128. The van der Waals surface area contributed by atoms with E-state index in [1.54, 1.807) is 19.1 Å². The van der Waals surface area contributed by atoms with Gasteiger partial charge in [0.05, 0.1) is 36.8 Å². The van der Waals surface area contributed by atoms with Crippen molar-refractivity contribution in [3.05, 3.63) is 53.1 Å². The topological polar surface area (TPSA) is 77.1 Å². The molecule has 0 aromatic heterocycles. The molecule has 7 nitrogen and oxygen atoms in total. The predicted molar refractivity (Wildman–Crippen MR) is 115 cm³/mol. The zero-order valence-electron chi connectivity index (χ0n) is 17.7. The number of carbonyl (C=O) groups excluding carboxylic acids is 2. The predicted octanol–water partition coefficient (Wildman–Crippen LogP) is 3.33. The highest BCUT2D eigenvalue weighted by Crippen LogP contribution is 2.29. The molecule has 0 radical (unpaired) electrons. The molecule has 0 atom stereocenters. The molecule has 7 heteroatoms. The first-order chi connectivity index (χ1) is 14.5. The lowest BCUT2D eigenvalue weighted by Crippen LogP contribution is -2.37. The Morgan fingerprint density at radius 2 is 1.90 bits per heavy atom. The van der Waals surface area contributed by atoms with Gasteiger partial charge >= 0.3 is 5.97 Å². The van der Waals surface area contributed by atoms with Crippen LogP contribution in [-0.2, 0) is 14.3 Å². The summed E-state index contributed by atoms with van der Waals surface area (Å²) in [4.78, 5) is 26.9. The Morgan fingerprint density at radius 3 is 2.63 bits per heavy atom. The number of nitrogens with one attached hydrogen (secondary N) is 1. The lowest BCUT2D eigenvalue weighted by molar-refractivity contribution is -0.118. The molecule has 30 heavy (non-hydrogen) atoms. The summed E-state index contributed by atoms with van der Waals surface area (Å²) in [5.74, 6) is -0.0431. The zero-order chi connectivity index (χ0) is 21.5. The molecule has 0 aliphatic carbocycles. The van der Waals surface area contributed by atoms with Gasteiger partial charge in [-0.1, -0.05) is 12.1 Å². The van der Waals surface area contributed by atoms with Crippen LogP contribution < -0.4 is 15.0 Å². The number of nitrogens with zero attached hydrogens (tertiary/aromatic N) is 1. The Morgan fingerprint density at radius 1 is 1.13 bits per heavy atom. The smallest absolute Gasteiger partial charge is 0.338 e. The first-order valence-corrected chi connectivity index (χ1v) is 10.1. The summed E-state index contributed by atoms with van der Waals surface area (Å²) < 4.78 is 16.2. The second kappa shape index (κ2) is 10.1. The number of hydrogen-bond acceptors (Lipinski definition) is 6. The van der Waals surface area contributed by atoms with E-state index >= 15 is 0 Å². The number of carbonyl (C=O) groups is 2. The Balaban J connectivity index is 1.77. The van der Waals surface area contributed by atoms with Crippen molar-refractivity contribution in [1.29, 1.82) is 0 Å². The number of ether oxygens (including phenoxy) is 3. The standard InChI is InChI=1S/C23H28N2O5/c1-4-29-23(27)18-8-9-20(25-10-12-28-13-11-25)19(14-18)24-22(26)15-30-21-7-5-6-16(2)17(21)3/h5-9,14H,4,10-13,15H2,1-3H3,(H,24,26). The van der Waals surface area contributed by atoms with E-state index in [4.69, 9.17) is 14.2 Å². The van der Waals surface area contributed by atoms with Crippen LogP contribution in [0.4, 0.5) is 11.4 Å². The Bertz CT molecular complexity index is 906. The number of rotatable bonds is 7. The summed E-state index contributed by atoms with van der Waals surface area (Å²) in [6.45, 7) is 8.52. The lowest BCUT2D eigenvalue weighted by atomic mass is 10.1. The van der Waals surface area contributed by atoms with Gasteiger partial charge in [0.2, 0.25) is 0 Å². The monoisotopic (exact) mass is 412 g/mol. The summed E-state index contributed by atoms with van der Waals surface area (Å²) in [7, 11) is 0. The van der Waals surface area contributed by atoms with Crippen molar-refractivity contribution in [3.63, 3.8) is 0 Å². The Labute approximate surface area is 176 Å². The van der Waals surface area contributed by atoms with Crippen molar-refractivity contribution in [3.8, 4) is 5.75 Å². The fraction of sp³-hybridized carbons (Fsp3) is 0.391. The second-order valence-electron chi connectivity index (χ2n) is 7.09. The van der Waals surface area contributed by atoms with Crippen LogP contribution in [0, 0.1) is 13.8 Å². The maximum Gasteiger partial charge on any atom is 0.338 e. The van der Waals surface area contributed by atoms with E-state index in [-0.39, 0.29) is 19.1 Å². The van der Waals surface area contributed by atoms with Gasteiger partial charge in [-0.3, -0.25) is 4.79 Å². The molecule has 1 aliphatic rings. The van der Waals surface area contributed by atoms with E-state index in [9.17, 15) is 9.59 Å². The highest BCUT2D eigenvalue weighted by Gasteiger charge is 2.19. The summed E-state index contributed by atoms with van der Waals surface area (Å²) in [5.41, 5.74) is 3.89. The molecule has 0 spiro atoms. The maximum atomic E-state index is 12.6. The van der Waals surface area contributed by atoms with Crippen LogP contribution in [0.15, 0.2) is 36.4 Å². The van der Waals surface area contributed by atoms with Crippen LogP contribution in [0.3, 0.4) is 0 Å². The van der Waals surface area contributed by atoms with Gasteiger partial charge in [0, 0.05) is 13.1 Å². The summed E-state index contributed by atoms with van der Waals surface area (Å²) in [5, 5.41) is 2.90. The average molecular weight is 412 g/mol. The number of benzene rings is 2. The van der Waals surface area contributed by atoms with E-state index < -0.39 is 5.97 Å². The normalized spacial score (nSPS) is 13.6. The molecule has 0 bridgehead atoms. The number of esters is 1. The molecule has 0 saturated carbocycles. The minimum Gasteiger partial charge on any atom is -0.483 e. The van der Waals surface area contributed by atoms with Crippen molar-refractivity contribution < 1.29 is 23.8 Å². The van der Waals surface area contributed by atoms with Gasteiger partial charge in [-0.05, 0) is 56.2 Å². The van der Waals surface area contributed by atoms with Gasteiger partial charge in [-0.2, -0.15) is 0 Å². The number of aryl methyl sites for hydroxylation is 1. The minimum atomic E-state index is -0.423. The molecular formula is C23H28N2O5. The van der Waals surface area contributed by atoms with Crippen molar-refractivity contribution in [1.82, 2.24) is 0 Å². The summed E-state index contributed by atoms with van der Waals surface area (Å²) in [6.07, 6.45) is 0. The Hall–Kier alpha value is -3.06. The summed E-state index contributed by atoms with van der Waals surface area (Å²) in [6, 6.07) is 10.9. The number of hydrogen-bond donors (Lipinski definition) is 1. The SMILES string of the molecule is CCOC(=O)c1ccc(N2CCOCC2)c(NC(=O)COc2cccc(C)c2C)c1. The first-order valence-electron chi connectivity index (χ1n) is 10.1. The van der Waals surface area contributed by atoms with E-state index in [0.29, 0.717) is 43.3 Å². The third-order valence-electron chi connectivity index (χ3n) is 5.05. The molecule has 1 N–H and O–H groups in total. The average Bonchev–Trinajstić information content (AvgIpc) is 2.75. The number of morpholine rings is 1. The maximum absolute atomic E-state index is 12.6. The van der Waals surface area contributed by atoms with E-state index in [1.807, 2.05) is 38.1 Å². The molecular weight excluding hydrogens is 384 g/mol. The molecule has 160 valence electrons. The van der Waals surface area contributed by atoms with Crippen LogP contribution >= 0.6 is 0 Å². The third kappa shape index (κ3) is 5.30. The van der Waals surface area contributed by atoms with Crippen LogP contribution in [0.5, 0.6) is 5.75 Å². The molecule has 0 unspecified atom stereocenters. The lowest BCUT2D eigenvalue weighted by Gasteiger charge is -2.30. The number of amides is 1. The molecule has 3 rings (SSSR count). The zero-order valence-corrected chi connectivity index (χ0v) is 17.7. The van der Waals surface area contributed by atoms with Gasteiger partial charge in [0.15, 0.2) is 6.61 Å². The van der Waals surface area contributed by atoms with Crippen LogP contribution in [0.1, 0.15) is 28.4 Å². The highest BCUT2D eigenvalue weighted by atomic mass is 16.5. The highest BCUT2D eigenvalue weighted by molar-refractivity contribution is 5.98. The van der Waals surface area contributed by atoms with Crippen LogP contribution in [0.2, 0.25) is 0 Å². The van der Waals surface area contributed by atoms with Gasteiger partial charge in [-0.15, -0.1) is 0 Å². The molecule has 2 aromatic carbocycles. The Kier molecular flexibility index (Phi) is 7.30. The second-order valence-corrected chi connectivity index (χ2v) is 7.09. The van der Waals surface area contributed by atoms with Gasteiger partial charge < -0.3 is 24.4 Å². The van der Waals surface area contributed by atoms with Crippen LogP contribution in [0.25, 0.3) is 0 Å². The van der Waals surface area contributed by atoms with E-state index in [1.165, 1.54) is 0 Å². The van der Waals surface area contributed by atoms with Gasteiger partial charge in [0.1, 0.15) is 5.75 Å². The largest absolute Gasteiger partial charge is 0.483 e. The van der Waals surface area contributed by atoms with Crippen molar-refractivity contribution in [2.75, 3.05) is 49.7 Å². The first kappa shape index (κ1) is 21.6. The fourth-order valence-electron chi connectivity index (χ4n) is 3.27. The molecule has 1 aliphatic heterocycles. The van der Waals surface area contributed by atoms with Crippen molar-refractivity contribution >= 4 is 23.3 Å². The third-order valence-corrected chi connectivity index (χ3v) is 5.05. The molecule has 2 aromatic rings. The van der Waals surface area contributed by atoms with Gasteiger partial charge in [-0.25, -0.2) is 4.79 Å². The fourth-order valence-corrected chi connectivity index (χ4v) is 3.27. The number of anilines is 2. The van der Waals surface area contributed by atoms with Gasteiger partial charge in [0.25, 0.3) is 5.91 Å². The van der Waals surface area contributed by atoms with Crippen molar-refractivity contribution in [2.24, 2.45) is 0 Å². The molecule has 1 saturated heterocycles. The van der Waals surface area contributed by atoms with Crippen LogP contribution in [-0.4, -0.2) is 51.4 Å².